The third-order valence-corrected chi connectivity index (χ3v) is 7.78. The summed E-state index contributed by atoms with van der Waals surface area (Å²) in [5, 5.41) is 9.55. The molecule has 0 radical (unpaired) electrons. The summed E-state index contributed by atoms with van der Waals surface area (Å²) in [6, 6.07) is 13.1. The van der Waals surface area contributed by atoms with E-state index in [9.17, 15) is 4.79 Å². The maximum Gasteiger partial charge on any atom is 0.227 e. The molecule has 0 saturated heterocycles. The van der Waals surface area contributed by atoms with E-state index in [1.807, 2.05) is 47.1 Å². The van der Waals surface area contributed by atoms with Crippen molar-refractivity contribution < 1.29 is 9.53 Å². The third-order valence-electron chi connectivity index (χ3n) is 6.19. The molecule has 5 rings (SSSR count). The van der Waals surface area contributed by atoms with Gasteiger partial charge in [0.2, 0.25) is 11.1 Å². The van der Waals surface area contributed by atoms with E-state index < -0.39 is 6.04 Å². The van der Waals surface area contributed by atoms with Gasteiger partial charge in [-0.1, -0.05) is 78.3 Å². The van der Waals surface area contributed by atoms with Crippen LogP contribution in [0.25, 0.3) is 0 Å². The van der Waals surface area contributed by atoms with Gasteiger partial charge in [0.1, 0.15) is 18.4 Å². The highest BCUT2D eigenvalue weighted by Gasteiger charge is 2.42. The Hall–Kier alpha value is -2.29. The van der Waals surface area contributed by atoms with Gasteiger partial charge in [-0.15, -0.1) is 5.10 Å². The van der Waals surface area contributed by atoms with Gasteiger partial charge in [-0.2, -0.15) is 4.98 Å². The molecule has 0 saturated carbocycles. The Bertz CT molecular complexity index is 1340. The van der Waals surface area contributed by atoms with Crippen molar-refractivity contribution in [3.63, 3.8) is 0 Å². The van der Waals surface area contributed by atoms with E-state index in [2.05, 4.69) is 42.0 Å². The SMILES string of the molecule is CCSc1nc2n(n1)C(c1cc(Br)ccc1OCc1ccccc1Cl)C1=C(CC(C)(C)CC1=O)N2. The number of ketones is 1. The molecule has 6 nitrogen and oxygen atoms in total. The van der Waals surface area contributed by atoms with Gasteiger partial charge >= 0.3 is 0 Å². The smallest absolute Gasteiger partial charge is 0.227 e. The van der Waals surface area contributed by atoms with Crippen LogP contribution in [0.1, 0.15) is 50.8 Å². The zero-order valence-electron chi connectivity index (χ0n) is 19.8. The molecular weight excluding hydrogens is 548 g/mol. The van der Waals surface area contributed by atoms with Gasteiger partial charge < -0.3 is 10.1 Å². The zero-order valence-corrected chi connectivity index (χ0v) is 22.9. The minimum absolute atomic E-state index is 0.122. The van der Waals surface area contributed by atoms with Crippen molar-refractivity contribution in [3.05, 3.63) is 74.4 Å². The number of hydrogen-bond donors (Lipinski definition) is 1. The number of benzene rings is 2. The summed E-state index contributed by atoms with van der Waals surface area (Å²) in [6.45, 7) is 6.63. The average Bonchev–Trinajstić information content (AvgIpc) is 3.19. The molecule has 1 aromatic heterocycles. The van der Waals surface area contributed by atoms with E-state index >= 15 is 0 Å². The Labute approximate surface area is 222 Å². The number of rotatable bonds is 6. The minimum atomic E-state index is -0.442. The Morgan fingerprint density at radius 3 is 2.83 bits per heavy atom. The van der Waals surface area contributed by atoms with Crippen molar-refractivity contribution in [3.8, 4) is 5.75 Å². The molecule has 0 fully saturated rings. The summed E-state index contributed by atoms with van der Waals surface area (Å²) in [6.07, 6.45) is 1.24. The van der Waals surface area contributed by atoms with Crippen LogP contribution in [0, 0.1) is 5.41 Å². The lowest BCUT2D eigenvalue weighted by Crippen LogP contribution is -2.36. The molecule has 1 N–H and O–H groups in total. The van der Waals surface area contributed by atoms with Crippen LogP contribution in [-0.2, 0) is 11.4 Å². The summed E-state index contributed by atoms with van der Waals surface area (Å²) >= 11 is 11.6. The molecule has 2 aliphatic rings. The van der Waals surface area contributed by atoms with Crippen molar-refractivity contribution in [2.75, 3.05) is 11.1 Å². The highest BCUT2D eigenvalue weighted by molar-refractivity contribution is 9.10. The molecule has 0 amide bonds. The summed E-state index contributed by atoms with van der Waals surface area (Å²) in [7, 11) is 0. The van der Waals surface area contributed by atoms with Crippen LogP contribution in [0.15, 0.2) is 63.4 Å². The van der Waals surface area contributed by atoms with E-state index in [1.54, 1.807) is 11.8 Å². The fourth-order valence-electron chi connectivity index (χ4n) is 4.70. The lowest BCUT2D eigenvalue weighted by molar-refractivity contribution is -0.118. The van der Waals surface area contributed by atoms with Crippen molar-refractivity contribution in [2.24, 2.45) is 5.41 Å². The molecule has 0 spiro atoms. The number of hydrogen-bond acceptors (Lipinski definition) is 6. The topological polar surface area (TPSA) is 69.0 Å². The van der Waals surface area contributed by atoms with Crippen LogP contribution in [0.5, 0.6) is 5.75 Å². The summed E-state index contributed by atoms with van der Waals surface area (Å²) < 4.78 is 9.04. The first-order valence-corrected chi connectivity index (χ1v) is 13.7. The third kappa shape index (κ3) is 4.88. The maximum atomic E-state index is 13.6. The first-order chi connectivity index (χ1) is 16.8. The van der Waals surface area contributed by atoms with Gasteiger partial charge in [0.15, 0.2) is 5.78 Å². The molecule has 35 heavy (non-hydrogen) atoms. The Balaban J connectivity index is 1.62. The van der Waals surface area contributed by atoms with E-state index in [1.165, 1.54) is 0 Å². The van der Waals surface area contributed by atoms with Crippen LogP contribution < -0.4 is 10.1 Å². The number of aromatic nitrogens is 3. The number of allylic oxidation sites excluding steroid dienone is 2. The number of fused-ring (bicyclic) bond motifs is 1. The first kappa shape index (κ1) is 24.4. The number of Topliss-reactive ketones (excluding diaryl/α,β-unsaturated/α-hetero) is 1. The predicted octanol–water partition coefficient (Wildman–Crippen LogP) is 7.04. The van der Waals surface area contributed by atoms with Crippen molar-refractivity contribution in [1.82, 2.24) is 14.8 Å². The maximum absolute atomic E-state index is 13.6. The van der Waals surface area contributed by atoms with Gasteiger partial charge in [-0.25, -0.2) is 4.68 Å². The number of ether oxygens (including phenoxy) is 1. The zero-order chi connectivity index (χ0) is 24.7. The predicted molar refractivity (Wildman–Crippen MR) is 143 cm³/mol. The highest BCUT2D eigenvalue weighted by atomic mass is 79.9. The molecule has 1 unspecified atom stereocenters. The largest absolute Gasteiger partial charge is 0.488 e. The number of anilines is 1. The van der Waals surface area contributed by atoms with Gasteiger partial charge in [-0.05, 0) is 41.9 Å². The second kappa shape index (κ2) is 9.64. The second-order valence-electron chi connectivity index (χ2n) is 9.52. The summed E-state index contributed by atoms with van der Waals surface area (Å²) in [5.41, 5.74) is 3.27. The number of carbonyl (C=O) groups is 1. The van der Waals surface area contributed by atoms with E-state index in [4.69, 9.17) is 26.4 Å². The Morgan fingerprint density at radius 2 is 2.06 bits per heavy atom. The van der Waals surface area contributed by atoms with Crippen LogP contribution in [0.2, 0.25) is 5.02 Å². The van der Waals surface area contributed by atoms with Gasteiger partial charge in [-0.3, -0.25) is 4.79 Å². The molecule has 1 atom stereocenters. The molecule has 9 heteroatoms. The summed E-state index contributed by atoms with van der Waals surface area (Å²) in [4.78, 5) is 18.3. The molecule has 3 aromatic rings. The molecule has 182 valence electrons. The number of halogens is 2. The number of thioether (sulfide) groups is 1. The normalized spacial score (nSPS) is 18.7. The van der Waals surface area contributed by atoms with Gasteiger partial charge in [0, 0.05) is 38.3 Å². The molecule has 2 heterocycles. The lowest BCUT2D eigenvalue weighted by Gasteiger charge is -2.38. The highest BCUT2D eigenvalue weighted by Crippen LogP contribution is 2.47. The standard InChI is InChI=1S/C26H26BrClN4O2S/c1-4-35-25-30-24-29-19-12-26(2,3)13-20(33)22(19)23(32(24)31-25)17-11-16(27)9-10-21(17)34-14-15-7-5-6-8-18(15)28/h5-11,23H,4,12-14H2,1-3H3,(H,29,30,31). The molecule has 1 aliphatic heterocycles. The molecule has 0 bridgehead atoms. The number of carbonyl (C=O) groups excluding carboxylic acids is 1. The van der Waals surface area contributed by atoms with Crippen molar-refractivity contribution in [2.45, 2.75) is 51.4 Å². The second-order valence-corrected chi connectivity index (χ2v) is 12.1. The Kier molecular flexibility index (Phi) is 6.72. The lowest BCUT2D eigenvalue weighted by atomic mass is 9.73. The Morgan fingerprint density at radius 1 is 1.26 bits per heavy atom. The molecular formula is C26H26BrClN4O2S. The molecule has 2 aromatic carbocycles. The van der Waals surface area contributed by atoms with Crippen LogP contribution in [0.4, 0.5) is 5.95 Å². The van der Waals surface area contributed by atoms with Crippen LogP contribution in [-0.4, -0.2) is 26.3 Å². The quantitative estimate of drug-likeness (QED) is 0.319. The average molecular weight is 574 g/mol. The van der Waals surface area contributed by atoms with Crippen LogP contribution >= 0.6 is 39.3 Å². The van der Waals surface area contributed by atoms with Gasteiger partial charge in [0.05, 0.1) is 0 Å². The number of nitrogens with one attached hydrogen (secondary N) is 1. The van der Waals surface area contributed by atoms with Gasteiger partial charge in [0.25, 0.3) is 0 Å². The van der Waals surface area contributed by atoms with Crippen molar-refractivity contribution in [1.29, 1.82) is 0 Å². The van der Waals surface area contributed by atoms with E-state index in [0.29, 0.717) is 34.9 Å². The fraction of sp³-hybridized carbons (Fsp3) is 0.346. The van der Waals surface area contributed by atoms with E-state index in [-0.39, 0.29) is 11.2 Å². The van der Waals surface area contributed by atoms with E-state index in [0.717, 1.165) is 39.0 Å². The monoisotopic (exact) mass is 572 g/mol. The molecule has 1 aliphatic carbocycles. The first-order valence-electron chi connectivity index (χ1n) is 11.5. The minimum Gasteiger partial charge on any atom is -0.488 e. The number of nitrogens with zero attached hydrogens (tertiary/aromatic N) is 3. The van der Waals surface area contributed by atoms with Crippen LogP contribution in [0.3, 0.4) is 0 Å². The van der Waals surface area contributed by atoms with Crippen molar-refractivity contribution >= 4 is 51.0 Å². The summed E-state index contributed by atoms with van der Waals surface area (Å²) in [5.74, 6) is 2.30. The fourth-order valence-corrected chi connectivity index (χ4v) is 5.83.